The largest absolute Gasteiger partial charge is 0.481 e. The maximum Gasteiger partial charge on any atom is 0.260 e. The van der Waals surface area contributed by atoms with E-state index in [4.69, 9.17) is 27.9 Å². The topological polar surface area (TPSA) is 38.3 Å². The number of hydrogen-bond donors (Lipinski definition) is 1. The number of aryl methyl sites for hydroxylation is 3. The molecule has 0 unspecified atom stereocenters. The standard InChI is InChI=1S/C20H23Cl2NO2/c1-13-11-17(12-14(2)19(13)22)25-15(3)20(24)23-10-6-8-16-7-4-5-9-18(16)21/h4-5,7,9,11-12,15H,6,8,10H2,1-3H3,(H,23,24)/t15-/m1/s1. The summed E-state index contributed by atoms with van der Waals surface area (Å²) in [6.07, 6.45) is 1.08. The third-order valence-electron chi connectivity index (χ3n) is 3.97. The van der Waals surface area contributed by atoms with Gasteiger partial charge in [-0.25, -0.2) is 0 Å². The second-order valence-electron chi connectivity index (χ2n) is 6.12. The van der Waals surface area contributed by atoms with E-state index < -0.39 is 6.10 Å². The molecule has 0 aliphatic rings. The summed E-state index contributed by atoms with van der Waals surface area (Å²) >= 11 is 12.3. The molecule has 3 nitrogen and oxygen atoms in total. The molecule has 0 fully saturated rings. The Labute approximate surface area is 159 Å². The molecule has 5 heteroatoms. The van der Waals surface area contributed by atoms with Crippen molar-refractivity contribution in [1.82, 2.24) is 5.32 Å². The van der Waals surface area contributed by atoms with Crippen LogP contribution in [0.1, 0.15) is 30.0 Å². The minimum Gasteiger partial charge on any atom is -0.481 e. The van der Waals surface area contributed by atoms with Crippen LogP contribution in [-0.2, 0) is 11.2 Å². The Morgan fingerprint density at radius 2 is 1.80 bits per heavy atom. The highest BCUT2D eigenvalue weighted by Gasteiger charge is 2.15. The Morgan fingerprint density at radius 1 is 1.16 bits per heavy atom. The summed E-state index contributed by atoms with van der Waals surface area (Å²) in [4.78, 5) is 12.2. The van der Waals surface area contributed by atoms with E-state index in [2.05, 4.69) is 5.32 Å². The molecule has 134 valence electrons. The fourth-order valence-electron chi connectivity index (χ4n) is 2.57. The smallest absolute Gasteiger partial charge is 0.260 e. The Kier molecular flexibility index (Phi) is 7.15. The van der Waals surface area contributed by atoms with E-state index in [1.807, 2.05) is 50.2 Å². The van der Waals surface area contributed by atoms with Crippen LogP contribution in [0.25, 0.3) is 0 Å². The molecular weight excluding hydrogens is 357 g/mol. The highest BCUT2D eigenvalue weighted by atomic mass is 35.5. The summed E-state index contributed by atoms with van der Waals surface area (Å²) < 4.78 is 5.74. The summed E-state index contributed by atoms with van der Waals surface area (Å²) in [5.41, 5.74) is 2.96. The molecule has 0 spiro atoms. The predicted octanol–water partition coefficient (Wildman–Crippen LogP) is 5.13. The van der Waals surface area contributed by atoms with Gasteiger partial charge in [0.25, 0.3) is 5.91 Å². The Bertz CT molecular complexity index is 723. The number of rotatable bonds is 7. The van der Waals surface area contributed by atoms with Crippen LogP contribution in [0, 0.1) is 13.8 Å². The van der Waals surface area contributed by atoms with Crippen molar-refractivity contribution < 1.29 is 9.53 Å². The zero-order valence-corrected chi connectivity index (χ0v) is 16.2. The second-order valence-corrected chi connectivity index (χ2v) is 6.90. The zero-order valence-electron chi connectivity index (χ0n) is 14.7. The lowest BCUT2D eigenvalue weighted by molar-refractivity contribution is -0.127. The van der Waals surface area contributed by atoms with Crippen molar-refractivity contribution in [2.24, 2.45) is 0 Å². The SMILES string of the molecule is Cc1cc(O[C@H](C)C(=O)NCCCc2ccccc2Cl)cc(C)c1Cl. The molecule has 0 aromatic heterocycles. The molecule has 1 atom stereocenters. The first kappa shape index (κ1) is 19.6. The molecule has 0 saturated heterocycles. The van der Waals surface area contributed by atoms with Gasteiger partial charge in [0, 0.05) is 16.6 Å². The quantitative estimate of drug-likeness (QED) is 0.677. The molecule has 1 N–H and O–H groups in total. The fourth-order valence-corrected chi connectivity index (χ4v) is 2.91. The van der Waals surface area contributed by atoms with Crippen molar-refractivity contribution in [2.75, 3.05) is 6.54 Å². The van der Waals surface area contributed by atoms with Crippen LogP contribution in [0.3, 0.4) is 0 Å². The number of nitrogens with one attached hydrogen (secondary N) is 1. The average molecular weight is 380 g/mol. The van der Waals surface area contributed by atoms with Gasteiger partial charge in [0.05, 0.1) is 0 Å². The first-order valence-electron chi connectivity index (χ1n) is 8.33. The highest BCUT2D eigenvalue weighted by molar-refractivity contribution is 6.32. The third-order valence-corrected chi connectivity index (χ3v) is 4.94. The monoisotopic (exact) mass is 379 g/mol. The third kappa shape index (κ3) is 5.65. The van der Waals surface area contributed by atoms with Gasteiger partial charge >= 0.3 is 0 Å². The van der Waals surface area contributed by atoms with E-state index in [0.717, 1.165) is 39.6 Å². The van der Waals surface area contributed by atoms with Crippen molar-refractivity contribution in [3.05, 3.63) is 63.1 Å². The number of carbonyl (C=O) groups is 1. The van der Waals surface area contributed by atoms with Crippen molar-refractivity contribution in [1.29, 1.82) is 0 Å². The minimum absolute atomic E-state index is 0.135. The second kappa shape index (κ2) is 9.12. The van der Waals surface area contributed by atoms with E-state index >= 15 is 0 Å². The van der Waals surface area contributed by atoms with Gasteiger partial charge in [0.1, 0.15) is 5.75 Å². The maximum atomic E-state index is 12.2. The van der Waals surface area contributed by atoms with Gasteiger partial charge in [-0.05, 0) is 68.5 Å². The summed E-state index contributed by atoms with van der Waals surface area (Å²) in [6, 6.07) is 11.4. The first-order valence-corrected chi connectivity index (χ1v) is 9.08. The van der Waals surface area contributed by atoms with Crippen molar-refractivity contribution in [2.45, 2.75) is 39.7 Å². The zero-order chi connectivity index (χ0) is 18.4. The van der Waals surface area contributed by atoms with Crippen LogP contribution in [0.2, 0.25) is 10.0 Å². The molecule has 1 amide bonds. The van der Waals surface area contributed by atoms with Crippen molar-refractivity contribution >= 4 is 29.1 Å². The molecule has 0 aliphatic carbocycles. The van der Waals surface area contributed by atoms with Crippen molar-refractivity contribution in [3.63, 3.8) is 0 Å². The predicted molar refractivity (Wildman–Crippen MR) is 104 cm³/mol. The van der Waals surface area contributed by atoms with Gasteiger partial charge in [0.2, 0.25) is 0 Å². The summed E-state index contributed by atoms with van der Waals surface area (Å²) in [5.74, 6) is 0.516. The number of hydrogen-bond acceptors (Lipinski definition) is 2. The number of carbonyl (C=O) groups excluding carboxylic acids is 1. The average Bonchev–Trinajstić information content (AvgIpc) is 2.57. The maximum absolute atomic E-state index is 12.2. The van der Waals surface area contributed by atoms with Gasteiger partial charge in [0.15, 0.2) is 6.10 Å². The summed E-state index contributed by atoms with van der Waals surface area (Å²) in [7, 11) is 0. The molecule has 2 aromatic rings. The summed E-state index contributed by atoms with van der Waals surface area (Å²) in [6.45, 7) is 6.16. The summed E-state index contributed by atoms with van der Waals surface area (Å²) in [5, 5.41) is 4.39. The first-order chi connectivity index (χ1) is 11.9. The van der Waals surface area contributed by atoms with E-state index in [9.17, 15) is 4.79 Å². The van der Waals surface area contributed by atoms with E-state index in [1.165, 1.54) is 0 Å². The van der Waals surface area contributed by atoms with Crippen LogP contribution in [0.4, 0.5) is 0 Å². The number of benzene rings is 2. The molecule has 0 saturated carbocycles. The van der Waals surface area contributed by atoms with Crippen LogP contribution in [0.15, 0.2) is 36.4 Å². The number of halogens is 2. The molecule has 2 aromatic carbocycles. The van der Waals surface area contributed by atoms with E-state index in [1.54, 1.807) is 6.92 Å². The Hall–Kier alpha value is -1.71. The number of amides is 1. The van der Waals surface area contributed by atoms with E-state index in [-0.39, 0.29) is 5.91 Å². The molecule has 0 heterocycles. The molecular formula is C20H23Cl2NO2. The molecule has 25 heavy (non-hydrogen) atoms. The van der Waals surface area contributed by atoms with Crippen LogP contribution in [0.5, 0.6) is 5.75 Å². The molecule has 2 rings (SSSR count). The van der Waals surface area contributed by atoms with Gasteiger partial charge in [-0.1, -0.05) is 41.4 Å². The lowest BCUT2D eigenvalue weighted by Crippen LogP contribution is -2.37. The van der Waals surface area contributed by atoms with Gasteiger partial charge < -0.3 is 10.1 Å². The van der Waals surface area contributed by atoms with E-state index in [0.29, 0.717) is 12.3 Å². The van der Waals surface area contributed by atoms with Gasteiger partial charge in [-0.2, -0.15) is 0 Å². The molecule has 0 aliphatic heterocycles. The molecule has 0 bridgehead atoms. The van der Waals surface area contributed by atoms with Crippen LogP contribution < -0.4 is 10.1 Å². The number of ether oxygens (including phenoxy) is 1. The minimum atomic E-state index is -0.569. The van der Waals surface area contributed by atoms with Gasteiger partial charge in [-0.3, -0.25) is 4.79 Å². The van der Waals surface area contributed by atoms with Crippen molar-refractivity contribution in [3.8, 4) is 5.75 Å². The van der Waals surface area contributed by atoms with Crippen LogP contribution >= 0.6 is 23.2 Å². The Morgan fingerprint density at radius 3 is 2.44 bits per heavy atom. The lowest BCUT2D eigenvalue weighted by Gasteiger charge is -2.16. The molecule has 0 radical (unpaired) electrons. The van der Waals surface area contributed by atoms with Gasteiger partial charge in [-0.15, -0.1) is 0 Å². The highest BCUT2D eigenvalue weighted by Crippen LogP contribution is 2.26. The normalized spacial score (nSPS) is 11.9. The fraction of sp³-hybridized carbons (Fsp3) is 0.350. The lowest BCUT2D eigenvalue weighted by atomic mass is 10.1. The Balaban J connectivity index is 1.79. The van der Waals surface area contributed by atoms with Crippen LogP contribution in [-0.4, -0.2) is 18.6 Å².